The second kappa shape index (κ2) is 5.03. The second-order valence-corrected chi connectivity index (χ2v) is 6.15. The van der Waals surface area contributed by atoms with Crippen LogP contribution in [0.1, 0.15) is 41.9 Å². The molecule has 5 rings (SSSR count). The second-order valence-electron chi connectivity index (χ2n) is 6.15. The highest BCUT2D eigenvalue weighted by atomic mass is 16.5. The molecular weight excluding hydrogens is 292 g/mol. The van der Waals surface area contributed by atoms with Gasteiger partial charge in [-0.05, 0) is 24.5 Å². The SMILES string of the molecule is c1ccc([C@@H]2Cn3nc(-c4nc(C5CC5)no4)cc3CO2)cc1. The first kappa shape index (κ1) is 13.0. The molecule has 1 fully saturated rings. The molecule has 1 atom stereocenters. The third-order valence-corrected chi connectivity index (χ3v) is 4.41. The maximum absolute atomic E-state index is 5.97. The van der Waals surface area contributed by atoms with Crippen molar-refractivity contribution < 1.29 is 9.26 Å². The lowest BCUT2D eigenvalue weighted by Crippen LogP contribution is -2.21. The number of hydrogen-bond acceptors (Lipinski definition) is 5. The van der Waals surface area contributed by atoms with E-state index in [4.69, 9.17) is 9.26 Å². The minimum Gasteiger partial charge on any atom is -0.365 e. The fourth-order valence-corrected chi connectivity index (χ4v) is 2.95. The first-order chi connectivity index (χ1) is 11.4. The normalized spacial score (nSPS) is 20.4. The molecular formula is C17H16N4O2. The van der Waals surface area contributed by atoms with Gasteiger partial charge in [0.05, 0.1) is 18.8 Å². The minimum absolute atomic E-state index is 0.0289. The van der Waals surface area contributed by atoms with E-state index in [-0.39, 0.29) is 6.10 Å². The zero-order chi connectivity index (χ0) is 15.2. The van der Waals surface area contributed by atoms with Crippen molar-refractivity contribution >= 4 is 0 Å². The number of benzene rings is 1. The lowest BCUT2D eigenvalue weighted by atomic mass is 10.1. The molecule has 3 heterocycles. The molecule has 6 heteroatoms. The lowest BCUT2D eigenvalue weighted by Gasteiger charge is -2.24. The molecule has 116 valence electrons. The number of aromatic nitrogens is 4. The molecule has 6 nitrogen and oxygen atoms in total. The van der Waals surface area contributed by atoms with Crippen LogP contribution >= 0.6 is 0 Å². The summed E-state index contributed by atoms with van der Waals surface area (Å²) in [6.07, 6.45) is 2.34. The van der Waals surface area contributed by atoms with E-state index >= 15 is 0 Å². The van der Waals surface area contributed by atoms with E-state index in [1.54, 1.807) is 0 Å². The van der Waals surface area contributed by atoms with Crippen molar-refractivity contribution in [1.29, 1.82) is 0 Å². The summed E-state index contributed by atoms with van der Waals surface area (Å²) < 4.78 is 13.3. The molecule has 0 saturated heterocycles. The Balaban J connectivity index is 1.42. The first-order valence-corrected chi connectivity index (χ1v) is 7.94. The minimum atomic E-state index is 0.0289. The molecule has 1 saturated carbocycles. The zero-order valence-electron chi connectivity index (χ0n) is 12.6. The third kappa shape index (κ3) is 2.35. The smallest absolute Gasteiger partial charge is 0.278 e. The molecule has 3 aromatic rings. The van der Waals surface area contributed by atoms with Crippen LogP contribution in [-0.4, -0.2) is 19.9 Å². The quantitative estimate of drug-likeness (QED) is 0.744. The number of hydrogen-bond donors (Lipinski definition) is 0. The van der Waals surface area contributed by atoms with E-state index < -0.39 is 0 Å². The van der Waals surface area contributed by atoms with Gasteiger partial charge in [-0.15, -0.1) is 0 Å². The Labute approximate surface area is 133 Å². The van der Waals surface area contributed by atoms with Gasteiger partial charge in [-0.25, -0.2) is 0 Å². The zero-order valence-corrected chi connectivity index (χ0v) is 12.6. The number of rotatable bonds is 3. The highest BCUT2D eigenvalue weighted by Crippen LogP contribution is 2.39. The number of ether oxygens (including phenoxy) is 1. The van der Waals surface area contributed by atoms with E-state index in [2.05, 4.69) is 27.4 Å². The van der Waals surface area contributed by atoms with E-state index in [1.807, 2.05) is 28.9 Å². The van der Waals surface area contributed by atoms with Crippen molar-refractivity contribution in [3.8, 4) is 11.6 Å². The fraction of sp³-hybridized carbons (Fsp3) is 0.353. The summed E-state index contributed by atoms with van der Waals surface area (Å²) in [7, 11) is 0. The van der Waals surface area contributed by atoms with Crippen molar-refractivity contribution in [1.82, 2.24) is 19.9 Å². The molecule has 0 amide bonds. The molecule has 2 aromatic heterocycles. The van der Waals surface area contributed by atoms with Crippen molar-refractivity contribution in [3.63, 3.8) is 0 Å². The molecule has 0 spiro atoms. The predicted molar refractivity (Wildman–Crippen MR) is 81.5 cm³/mol. The monoisotopic (exact) mass is 308 g/mol. The average Bonchev–Trinajstić information content (AvgIpc) is 3.18. The van der Waals surface area contributed by atoms with Crippen LogP contribution in [0.25, 0.3) is 11.6 Å². The molecule has 0 unspecified atom stereocenters. The summed E-state index contributed by atoms with van der Waals surface area (Å²) in [4.78, 5) is 4.47. The lowest BCUT2D eigenvalue weighted by molar-refractivity contribution is -0.00113. The molecule has 2 aliphatic rings. The van der Waals surface area contributed by atoms with Gasteiger partial charge >= 0.3 is 0 Å². The largest absolute Gasteiger partial charge is 0.365 e. The number of fused-ring (bicyclic) bond motifs is 1. The highest BCUT2D eigenvalue weighted by Gasteiger charge is 2.30. The Hall–Kier alpha value is -2.47. The maximum atomic E-state index is 5.97. The fourth-order valence-electron chi connectivity index (χ4n) is 2.95. The summed E-state index contributed by atoms with van der Waals surface area (Å²) in [5.41, 5.74) is 2.94. The summed E-state index contributed by atoms with van der Waals surface area (Å²) in [6, 6.07) is 12.2. The van der Waals surface area contributed by atoms with Crippen molar-refractivity contribution in [2.75, 3.05) is 0 Å². The van der Waals surface area contributed by atoms with Gasteiger partial charge in [0, 0.05) is 5.92 Å². The van der Waals surface area contributed by atoms with Crippen LogP contribution in [-0.2, 0) is 17.9 Å². The number of nitrogens with zero attached hydrogens (tertiary/aromatic N) is 4. The predicted octanol–water partition coefficient (Wildman–Crippen LogP) is 3.08. The van der Waals surface area contributed by atoms with Gasteiger partial charge in [-0.2, -0.15) is 10.1 Å². The Morgan fingerprint density at radius 3 is 2.83 bits per heavy atom. The molecule has 0 radical (unpaired) electrons. The van der Waals surface area contributed by atoms with Crippen LogP contribution in [0, 0.1) is 0 Å². The van der Waals surface area contributed by atoms with Crippen molar-refractivity contribution in [2.45, 2.75) is 38.0 Å². The van der Waals surface area contributed by atoms with Crippen LogP contribution in [0.5, 0.6) is 0 Å². The van der Waals surface area contributed by atoms with Crippen LogP contribution in [0.2, 0.25) is 0 Å². The van der Waals surface area contributed by atoms with Crippen molar-refractivity contribution in [2.24, 2.45) is 0 Å². The molecule has 1 aliphatic carbocycles. The van der Waals surface area contributed by atoms with Gasteiger partial charge in [0.25, 0.3) is 5.89 Å². The molecule has 1 aromatic carbocycles. The van der Waals surface area contributed by atoms with Crippen LogP contribution in [0.15, 0.2) is 40.9 Å². The Morgan fingerprint density at radius 1 is 1.13 bits per heavy atom. The summed E-state index contributed by atoms with van der Waals surface area (Å²) in [5, 5.41) is 8.69. The van der Waals surface area contributed by atoms with Gasteiger partial charge < -0.3 is 9.26 Å². The van der Waals surface area contributed by atoms with E-state index in [9.17, 15) is 0 Å². The standard InChI is InChI=1S/C17H16N4O2/c1-2-4-11(5-3-1)15-9-21-13(10-22-15)8-14(19-21)17-18-16(20-23-17)12-6-7-12/h1-5,8,12,15H,6-7,9-10H2/t15-/m0/s1. The summed E-state index contributed by atoms with van der Waals surface area (Å²) >= 11 is 0. The molecule has 1 aliphatic heterocycles. The van der Waals surface area contributed by atoms with Gasteiger partial charge in [0.2, 0.25) is 0 Å². The first-order valence-electron chi connectivity index (χ1n) is 7.94. The van der Waals surface area contributed by atoms with Crippen LogP contribution in [0.3, 0.4) is 0 Å². The highest BCUT2D eigenvalue weighted by molar-refractivity contribution is 5.47. The van der Waals surface area contributed by atoms with Crippen LogP contribution in [0.4, 0.5) is 0 Å². The topological polar surface area (TPSA) is 66.0 Å². The van der Waals surface area contributed by atoms with Crippen molar-refractivity contribution in [3.05, 3.63) is 53.5 Å². The van der Waals surface area contributed by atoms with Gasteiger partial charge in [0.15, 0.2) is 11.5 Å². The molecule has 0 N–H and O–H groups in total. The van der Waals surface area contributed by atoms with Gasteiger partial charge in [-0.1, -0.05) is 35.5 Å². The Morgan fingerprint density at radius 2 is 2.00 bits per heavy atom. The molecule has 23 heavy (non-hydrogen) atoms. The average molecular weight is 308 g/mol. The Bertz CT molecular complexity index is 835. The van der Waals surface area contributed by atoms with Gasteiger partial charge in [-0.3, -0.25) is 4.68 Å². The van der Waals surface area contributed by atoms with Gasteiger partial charge in [0.1, 0.15) is 6.10 Å². The third-order valence-electron chi connectivity index (χ3n) is 4.41. The summed E-state index contributed by atoms with van der Waals surface area (Å²) in [6.45, 7) is 1.24. The molecule has 0 bridgehead atoms. The Kier molecular flexibility index (Phi) is 2.84. The maximum Gasteiger partial charge on any atom is 0.278 e. The van der Waals surface area contributed by atoms with E-state index in [0.29, 0.717) is 25.0 Å². The summed E-state index contributed by atoms with van der Waals surface area (Å²) in [5.74, 6) is 1.80. The van der Waals surface area contributed by atoms with Crippen LogP contribution < -0.4 is 0 Å². The van der Waals surface area contributed by atoms with E-state index in [0.717, 1.165) is 30.1 Å². The van der Waals surface area contributed by atoms with E-state index in [1.165, 1.54) is 5.56 Å².